The van der Waals surface area contributed by atoms with E-state index in [-0.39, 0.29) is 5.75 Å². The Labute approximate surface area is 54.8 Å². The molecule has 4 heteroatoms. The van der Waals surface area contributed by atoms with Crippen molar-refractivity contribution in [1.29, 1.82) is 0 Å². The fourth-order valence-electron chi connectivity index (χ4n) is 0.364. The van der Waals surface area contributed by atoms with Crippen LogP contribution in [0, 0.1) is 18.3 Å². The summed E-state index contributed by atoms with van der Waals surface area (Å²) in [5, 5.41) is 0. The van der Waals surface area contributed by atoms with E-state index in [2.05, 4.69) is 5.92 Å². The van der Waals surface area contributed by atoms with Crippen molar-refractivity contribution in [3.8, 4) is 12.3 Å². The minimum atomic E-state index is -3.88. The van der Waals surface area contributed by atoms with Crippen molar-refractivity contribution in [2.45, 2.75) is 6.92 Å². The first-order valence-corrected chi connectivity index (χ1v) is 3.98. The van der Waals surface area contributed by atoms with Crippen molar-refractivity contribution in [2.24, 2.45) is 5.92 Å². The maximum absolute atomic E-state index is 10.1. The van der Waals surface area contributed by atoms with E-state index in [0.29, 0.717) is 0 Å². The molecule has 0 bridgehead atoms. The molecule has 0 rings (SSSR count). The maximum atomic E-state index is 10.1. The van der Waals surface area contributed by atoms with Crippen LogP contribution < -0.4 is 0 Å². The van der Waals surface area contributed by atoms with E-state index in [1.54, 1.807) is 6.92 Å². The SMILES string of the molecule is C#C[C@@H](C)CS(=O)(=O)O. The fraction of sp³-hybridized carbons (Fsp3) is 0.600. The highest BCUT2D eigenvalue weighted by Crippen LogP contribution is 1.95. The Balaban J connectivity index is 3.94. The molecule has 0 aromatic heterocycles. The van der Waals surface area contributed by atoms with Crippen LogP contribution in [0.5, 0.6) is 0 Å². The number of hydrogen-bond donors (Lipinski definition) is 1. The zero-order valence-corrected chi connectivity index (χ0v) is 5.85. The largest absolute Gasteiger partial charge is 0.286 e. The summed E-state index contributed by atoms with van der Waals surface area (Å²) in [5.41, 5.74) is 0. The summed E-state index contributed by atoms with van der Waals surface area (Å²) < 4.78 is 28.3. The molecule has 0 unspecified atom stereocenters. The van der Waals surface area contributed by atoms with E-state index in [0.717, 1.165) is 0 Å². The quantitative estimate of drug-likeness (QED) is 0.447. The molecular formula is C5H8O3S. The highest BCUT2D eigenvalue weighted by Gasteiger charge is 2.08. The minimum Gasteiger partial charge on any atom is -0.286 e. The maximum Gasteiger partial charge on any atom is 0.266 e. The number of hydrogen-bond acceptors (Lipinski definition) is 2. The summed E-state index contributed by atoms with van der Waals surface area (Å²) in [4.78, 5) is 0. The van der Waals surface area contributed by atoms with Crippen molar-refractivity contribution in [3.05, 3.63) is 0 Å². The zero-order valence-electron chi connectivity index (χ0n) is 5.03. The van der Waals surface area contributed by atoms with Gasteiger partial charge in [-0.1, -0.05) is 6.92 Å². The second-order valence-electron chi connectivity index (χ2n) is 1.82. The zero-order chi connectivity index (χ0) is 7.49. The first kappa shape index (κ1) is 8.47. The number of terminal acetylenes is 1. The molecule has 9 heavy (non-hydrogen) atoms. The Morgan fingerprint density at radius 3 is 2.33 bits per heavy atom. The lowest BCUT2D eigenvalue weighted by Gasteiger charge is -1.97. The molecule has 0 heterocycles. The Morgan fingerprint density at radius 1 is 1.78 bits per heavy atom. The Kier molecular flexibility index (Phi) is 2.68. The lowest BCUT2D eigenvalue weighted by molar-refractivity contribution is 0.478. The van der Waals surface area contributed by atoms with Crippen LogP contribution in [0.1, 0.15) is 6.92 Å². The summed E-state index contributed by atoms with van der Waals surface area (Å²) in [6, 6.07) is 0. The highest BCUT2D eigenvalue weighted by molar-refractivity contribution is 7.85. The molecule has 0 fully saturated rings. The van der Waals surface area contributed by atoms with Crippen molar-refractivity contribution < 1.29 is 13.0 Å². The van der Waals surface area contributed by atoms with Crippen molar-refractivity contribution in [3.63, 3.8) is 0 Å². The molecule has 0 saturated heterocycles. The van der Waals surface area contributed by atoms with Gasteiger partial charge in [-0.05, 0) is 0 Å². The van der Waals surface area contributed by atoms with E-state index in [4.69, 9.17) is 11.0 Å². The molecule has 0 aliphatic carbocycles. The smallest absolute Gasteiger partial charge is 0.266 e. The molecular weight excluding hydrogens is 140 g/mol. The van der Waals surface area contributed by atoms with Gasteiger partial charge in [-0.2, -0.15) is 8.42 Å². The van der Waals surface area contributed by atoms with Gasteiger partial charge in [0.15, 0.2) is 0 Å². The summed E-state index contributed by atoms with van der Waals surface area (Å²) in [5.74, 6) is 1.41. The molecule has 52 valence electrons. The van der Waals surface area contributed by atoms with Gasteiger partial charge in [0, 0.05) is 5.92 Å². The molecule has 1 N–H and O–H groups in total. The van der Waals surface area contributed by atoms with Crippen LogP contribution >= 0.6 is 0 Å². The van der Waals surface area contributed by atoms with E-state index in [1.807, 2.05) is 0 Å². The third-order valence-electron chi connectivity index (χ3n) is 0.745. The van der Waals surface area contributed by atoms with Crippen LogP contribution in [0.25, 0.3) is 0 Å². The molecule has 3 nitrogen and oxygen atoms in total. The lowest BCUT2D eigenvalue weighted by Crippen LogP contribution is -2.10. The van der Waals surface area contributed by atoms with Gasteiger partial charge in [-0.3, -0.25) is 4.55 Å². The van der Waals surface area contributed by atoms with Crippen molar-refractivity contribution in [1.82, 2.24) is 0 Å². The third-order valence-corrected chi connectivity index (χ3v) is 1.67. The molecule has 0 aromatic carbocycles. The standard InChI is InChI=1S/C5H8O3S/c1-3-5(2)4-9(6,7)8/h1,5H,4H2,2H3,(H,6,7,8)/t5-/m1/s1. The topological polar surface area (TPSA) is 54.4 Å². The van der Waals surface area contributed by atoms with E-state index >= 15 is 0 Å². The molecule has 0 radical (unpaired) electrons. The summed E-state index contributed by atoms with van der Waals surface area (Å²) in [7, 11) is -3.88. The molecule has 0 saturated carbocycles. The molecule has 0 amide bonds. The average molecular weight is 148 g/mol. The normalized spacial score (nSPS) is 14.3. The van der Waals surface area contributed by atoms with Gasteiger partial charge in [0.25, 0.3) is 10.1 Å². The molecule has 0 aliphatic rings. The van der Waals surface area contributed by atoms with E-state index < -0.39 is 16.0 Å². The first-order chi connectivity index (χ1) is 3.95. The van der Waals surface area contributed by atoms with Crippen LogP contribution in [0.2, 0.25) is 0 Å². The van der Waals surface area contributed by atoms with Gasteiger partial charge in [0.1, 0.15) is 0 Å². The predicted octanol–water partition coefficient (Wildman–Crippen LogP) is 0.144. The molecule has 0 aliphatic heterocycles. The summed E-state index contributed by atoms with van der Waals surface area (Å²) in [6.45, 7) is 1.55. The van der Waals surface area contributed by atoms with Gasteiger partial charge >= 0.3 is 0 Å². The van der Waals surface area contributed by atoms with Gasteiger partial charge in [-0.25, -0.2) is 0 Å². The minimum absolute atomic E-state index is 0.358. The lowest BCUT2D eigenvalue weighted by atomic mass is 10.2. The van der Waals surface area contributed by atoms with Crippen LogP contribution in [0.15, 0.2) is 0 Å². The van der Waals surface area contributed by atoms with Gasteiger partial charge in [0.05, 0.1) is 5.75 Å². The summed E-state index contributed by atoms with van der Waals surface area (Å²) >= 11 is 0. The second kappa shape index (κ2) is 2.85. The predicted molar refractivity (Wildman–Crippen MR) is 34.4 cm³/mol. The van der Waals surface area contributed by atoms with Gasteiger partial charge in [0.2, 0.25) is 0 Å². The summed E-state index contributed by atoms with van der Waals surface area (Å²) in [6.07, 6.45) is 4.85. The molecule has 0 spiro atoms. The first-order valence-electron chi connectivity index (χ1n) is 2.37. The molecule has 1 atom stereocenters. The van der Waals surface area contributed by atoms with E-state index in [9.17, 15) is 8.42 Å². The second-order valence-corrected chi connectivity index (χ2v) is 3.31. The fourth-order valence-corrected chi connectivity index (χ4v) is 1.09. The molecule has 0 aromatic rings. The number of rotatable bonds is 2. The van der Waals surface area contributed by atoms with Crippen LogP contribution in [-0.2, 0) is 10.1 Å². The van der Waals surface area contributed by atoms with Crippen LogP contribution in [0.3, 0.4) is 0 Å². The van der Waals surface area contributed by atoms with Crippen molar-refractivity contribution in [2.75, 3.05) is 5.75 Å². The van der Waals surface area contributed by atoms with Crippen molar-refractivity contribution >= 4 is 10.1 Å². The Bertz CT molecular complexity index is 209. The Hall–Kier alpha value is -0.530. The van der Waals surface area contributed by atoms with Crippen LogP contribution in [-0.4, -0.2) is 18.7 Å². The van der Waals surface area contributed by atoms with Gasteiger partial charge < -0.3 is 0 Å². The average Bonchev–Trinajstić information content (AvgIpc) is 1.62. The Morgan fingerprint density at radius 2 is 2.22 bits per heavy atom. The van der Waals surface area contributed by atoms with Gasteiger partial charge in [-0.15, -0.1) is 12.3 Å². The van der Waals surface area contributed by atoms with E-state index in [1.165, 1.54) is 0 Å². The third kappa shape index (κ3) is 5.34. The van der Waals surface area contributed by atoms with Crippen LogP contribution in [0.4, 0.5) is 0 Å². The highest BCUT2D eigenvalue weighted by atomic mass is 32.2. The monoisotopic (exact) mass is 148 g/mol.